The molecule has 1 aliphatic carbocycles. The Hall–Kier alpha value is -4.41. The van der Waals surface area contributed by atoms with E-state index in [4.69, 9.17) is 4.84 Å². The minimum atomic E-state index is -1.21. The van der Waals surface area contributed by atoms with Crippen molar-refractivity contribution in [3.8, 4) is 11.8 Å². The summed E-state index contributed by atoms with van der Waals surface area (Å²) in [5.74, 6) is 4.73. The molecule has 0 spiro atoms. The summed E-state index contributed by atoms with van der Waals surface area (Å²) in [6.45, 7) is 0. The molecule has 1 unspecified atom stereocenters. The largest absolute Gasteiger partial charge is 0.476 e. The Morgan fingerprint density at radius 3 is 2.03 bits per heavy atom. The first-order chi connectivity index (χ1) is 18.2. The van der Waals surface area contributed by atoms with Gasteiger partial charge in [0.25, 0.3) is 0 Å². The first-order valence-electron chi connectivity index (χ1n) is 12.0. The summed E-state index contributed by atoms with van der Waals surface area (Å²) >= 11 is 1.32. The number of rotatable bonds is 9. The van der Waals surface area contributed by atoms with Gasteiger partial charge in [-0.15, -0.1) is 11.3 Å². The lowest BCUT2D eigenvalue weighted by atomic mass is 9.77. The summed E-state index contributed by atoms with van der Waals surface area (Å²) in [5.41, 5.74) is 2.28. The zero-order valence-electron chi connectivity index (χ0n) is 20.0. The molecule has 7 heteroatoms. The molecule has 1 aromatic heterocycles. The van der Waals surface area contributed by atoms with E-state index >= 15 is 0 Å². The highest BCUT2D eigenvalue weighted by Crippen LogP contribution is 2.40. The molecular weight excluding hydrogens is 482 g/mol. The molecule has 3 aromatic carbocycles. The third kappa shape index (κ3) is 5.25. The number of benzene rings is 3. The van der Waals surface area contributed by atoms with Crippen molar-refractivity contribution >= 4 is 28.1 Å². The van der Waals surface area contributed by atoms with Crippen LogP contribution in [-0.4, -0.2) is 27.9 Å². The van der Waals surface area contributed by atoms with Crippen LogP contribution >= 0.6 is 11.3 Å². The van der Waals surface area contributed by atoms with Crippen LogP contribution in [0.5, 0.6) is 0 Å². The lowest BCUT2D eigenvalue weighted by molar-refractivity contribution is -0.129. The van der Waals surface area contributed by atoms with Gasteiger partial charge in [-0.05, 0) is 29.5 Å². The van der Waals surface area contributed by atoms with Gasteiger partial charge in [-0.1, -0.05) is 108 Å². The number of oxime groups is 1. The fourth-order valence-electron chi connectivity index (χ4n) is 4.41. The molecule has 0 aliphatic heterocycles. The normalized spacial score (nSPS) is 15.4. The molecule has 0 saturated carbocycles. The number of hydrogen-bond acceptors (Lipinski definition) is 6. The Morgan fingerprint density at radius 2 is 1.54 bits per heavy atom. The number of aliphatic carboxylic acids is 1. The topological polar surface area (TPSA) is 83.8 Å². The second kappa shape index (κ2) is 11.1. The smallest absolute Gasteiger partial charge is 0.360 e. The van der Waals surface area contributed by atoms with Crippen molar-refractivity contribution in [1.29, 1.82) is 0 Å². The van der Waals surface area contributed by atoms with Gasteiger partial charge in [-0.25, -0.2) is 9.78 Å². The highest BCUT2D eigenvalue weighted by Gasteiger charge is 2.37. The van der Waals surface area contributed by atoms with Crippen LogP contribution in [0, 0.1) is 11.8 Å². The Morgan fingerprint density at radius 1 is 0.973 bits per heavy atom. The van der Waals surface area contributed by atoms with Gasteiger partial charge in [-0.2, -0.15) is 0 Å². The van der Waals surface area contributed by atoms with Crippen LogP contribution in [-0.2, 0) is 15.2 Å². The minimum absolute atomic E-state index is 0.229. The molecule has 0 saturated heterocycles. The Balaban J connectivity index is 1.56. The predicted molar refractivity (Wildman–Crippen MR) is 146 cm³/mol. The molecule has 184 valence electrons. The van der Waals surface area contributed by atoms with Crippen molar-refractivity contribution in [3.05, 3.63) is 119 Å². The van der Waals surface area contributed by atoms with Gasteiger partial charge in [0.1, 0.15) is 11.2 Å². The lowest BCUT2D eigenvalue weighted by Crippen LogP contribution is -2.38. The maximum absolute atomic E-state index is 12.0. The van der Waals surface area contributed by atoms with E-state index in [2.05, 4.69) is 63.7 Å². The van der Waals surface area contributed by atoms with Crippen molar-refractivity contribution in [2.24, 2.45) is 5.16 Å². The molecule has 1 aliphatic rings. The van der Waals surface area contributed by atoms with Crippen LogP contribution in [0.3, 0.4) is 0 Å². The van der Waals surface area contributed by atoms with Gasteiger partial charge in [-0.3, -0.25) is 0 Å². The molecule has 37 heavy (non-hydrogen) atoms. The number of aromatic nitrogens is 1. The van der Waals surface area contributed by atoms with Crippen molar-refractivity contribution in [1.82, 2.24) is 4.98 Å². The number of carbonyl (C=O) groups is 1. The van der Waals surface area contributed by atoms with Gasteiger partial charge in [0.15, 0.2) is 11.2 Å². The van der Waals surface area contributed by atoms with E-state index in [-0.39, 0.29) is 11.4 Å². The van der Waals surface area contributed by atoms with Crippen LogP contribution in [0.15, 0.2) is 102 Å². The van der Waals surface area contributed by atoms with E-state index in [1.54, 1.807) is 5.38 Å². The molecule has 5 rings (SSSR count). The number of anilines is 1. The Labute approximate surface area is 219 Å². The van der Waals surface area contributed by atoms with Gasteiger partial charge in [0.2, 0.25) is 5.71 Å². The summed E-state index contributed by atoms with van der Waals surface area (Å²) in [6.07, 6.45) is 2.05. The Kier molecular flexibility index (Phi) is 7.29. The monoisotopic (exact) mass is 507 g/mol. The van der Waals surface area contributed by atoms with E-state index in [9.17, 15) is 9.90 Å². The van der Waals surface area contributed by atoms with E-state index < -0.39 is 17.6 Å². The van der Waals surface area contributed by atoms with E-state index in [1.165, 1.54) is 11.3 Å². The molecule has 2 N–H and O–H groups in total. The van der Waals surface area contributed by atoms with E-state index in [1.807, 2.05) is 54.6 Å². The average Bonchev–Trinajstić information content (AvgIpc) is 3.41. The zero-order chi connectivity index (χ0) is 25.5. The van der Waals surface area contributed by atoms with Crippen molar-refractivity contribution in [3.63, 3.8) is 0 Å². The highest BCUT2D eigenvalue weighted by atomic mass is 32.1. The van der Waals surface area contributed by atoms with Crippen molar-refractivity contribution < 1.29 is 14.7 Å². The number of hydrogen-bond donors (Lipinski definition) is 2. The first kappa shape index (κ1) is 24.3. The fraction of sp³-hybridized carbons (Fsp3) is 0.167. The van der Waals surface area contributed by atoms with Gasteiger partial charge >= 0.3 is 5.97 Å². The fourth-order valence-corrected chi connectivity index (χ4v) is 5.16. The van der Waals surface area contributed by atoms with Crippen LogP contribution in [0.4, 0.5) is 5.13 Å². The van der Waals surface area contributed by atoms with Gasteiger partial charge < -0.3 is 15.3 Å². The summed E-state index contributed by atoms with van der Waals surface area (Å²) in [5, 5.41) is 19.7. The number of nitrogens with one attached hydrogen (secondary N) is 1. The first-order valence-corrected chi connectivity index (χ1v) is 12.9. The summed E-state index contributed by atoms with van der Waals surface area (Å²) in [7, 11) is 0. The summed E-state index contributed by atoms with van der Waals surface area (Å²) in [4.78, 5) is 22.1. The number of thiazole rings is 1. The SMILES string of the molecule is O=C(O)/C(=N\OC1C#CCCC1)c1csc(NC(c2ccccc2)(c2ccccc2)c2ccccc2)n1. The van der Waals surface area contributed by atoms with Crippen molar-refractivity contribution in [2.45, 2.75) is 30.9 Å². The summed E-state index contributed by atoms with van der Waals surface area (Å²) < 4.78 is 0. The quantitative estimate of drug-likeness (QED) is 0.127. The molecule has 0 fully saturated rings. The Bertz CT molecular complexity index is 1340. The second-order valence-electron chi connectivity index (χ2n) is 8.56. The van der Waals surface area contributed by atoms with E-state index in [0.29, 0.717) is 5.13 Å². The van der Waals surface area contributed by atoms with E-state index in [0.717, 1.165) is 36.0 Å². The third-order valence-electron chi connectivity index (χ3n) is 6.17. The standard InChI is InChI=1S/C30H25N3O3S/c34-28(35)27(33-36-25-19-11-4-12-20-25)26-21-37-29(31-26)32-30(22-13-5-1-6-14-22,23-15-7-2-8-16-23)24-17-9-3-10-18-24/h1-3,5-10,13-18,21,25H,4,11,19H2,(H,31,32)(H,34,35)/b33-27-. The molecule has 1 heterocycles. The van der Waals surface area contributed by atoms with Crippen LogP contribution in [0.25, 0.3) is 0 Å². The van der Waals surface area contributed by atoms with Gasteiger partial charge in [0, 0.05) is 11.8 Å². The maximum atomic E-state index is 12.0. The highest BCUT2D eigenvalue weighted by molar-refractivity contribution is 7.14. The third-order valence-corrected chi connectivity index (χ3v) is 6.92. The molecule has 4 aromatic rings. The molecule has 0 radical (unpaired) electrons. The molecule has 0 bridgehead atoms. The van der Waals surface area contributed by atoms with Crippen LogP contribution in [0.2, 0.25) is 0 Å². The maximum Gasteiger partial charge on any atom is 0.360 e. The van der Waals surface area contributed by atoms with Gasteiger partial charge in [0.05, 0.1) is 0 Å². The second-order valence-corrected chi connectivity index (χ2v) is 9.42. The molecule has 6 nitrogen and oxygen atoms in total. The molecular formula is C30H25N3O3S. The number of nitrogens with zero attached hydrogens (tertiary/aromatic N) is 2. The average molecular weight is 508 g/mol. The van der Waals surface area contributed by atoms with Crippen LogP contribution < -0.4 is 5.32 Å². The number of carboxylic acids is 1. The molecule has 0 amide bonds. The summed E-state index contributed by atoms with van der Waals surface area (Å²) in [6, 6.07) is 30.4. The minimum Gasteiger partial charge on any atom is -0.476 e. The molecule has 1 atom stereocenters. The van der Waals surface area contributed by atoms with Crippen molar-refractivity contribution in [2.75, 3.05) is 5.32 Å². The lowest BCUT2D eigenvalue weighted by Gasteiger charge is -2.36. The zero-order valence-corrected chi connectivity index (χ0v) is 20.8. The predicted octanol–water partition coefficient (Wildman–Crippen LogP) is 5.91. The van der Waals surface area contributed by atoms with Crippen LogP contribution in [0.1, 0.15) is 41.6 Å². The number of carboxylic acid groups (broad SMARTS) is 1.